The van der Waals surface area contributed by atoms with Gasteiger partial charge in [0.25, 0.3) is 5.91 Å². The van der Waals surface area contributed by atoms with Crippen molar-refractivity contribution in [2.24, 2.45) is 5.84 Å². The van der Waals surface area contributed by atoms with Gasteiger partial charge in [0.15, 0.2) is 5.82 Å². The van der Waals surface area contributed by atoms with Crippen molar-refractivity contribution in [2.75, 3.05) is 10.7 Å². The monoisotopic (exact) mass is 305 g/mol. The third-order valence-electron chi connectivity index (χ3n) is 2.59. The zero-order chi connectivity index (χ0) is 15.4. The molecule has 0 saturated carbocycles. The SMILES string of the molecule is N#Cc1cc(F)ccc1NC(=O)c1cnc(NN)c(Cl)c1. The number of nitrogen functional groups attached to an aromatic ring is 1. The van der Waals surface area contributed by atoms with Crippen LogP contribution < -0.4 is 16.6 Å². The highest BCUT2D eigenvalue weighted by molar-refractivity contribution is 6.33. The molecule has 4 N–H and O–H groups in total. The summed E-state index contributed by atoms with van der Waals surface area (Å²) in [6, 6.07) is 6.64. The minimum absolute atomic E-state index is 0.0163. The summed E-state index contributed by atoms with van der Waals surface area (Å²) in [4.78, 5) is 15.9. The number of carbonyl (C=O) groups is 1. The van der Waals surface area contributed by atoms with Crippen LogP contribution in [-0.4, -0.2) is 10.9 Å². The number of aromatic nitrogens is 1. The number of nitrogens with two attached hydrogens (primary N) is 1. The van der Waals surface area contributed by atoms with Crippen LogP contribution in [-0.2, 0) is 0 Å². The number of nitriles is 1. The van der Waals surface area contributed by atoms with E-state index < -0.39 is 11.7 Å². The van der Waals surface area contributed by atoms with Crippen molar-refractivity contribution in [2.45, 2.75) is 0 Å². The third kappa shape index (κ3) is 3.25. The smallest absolute Gasteiger partial charge is 0.257 e. The second-order valence-corrected chi connectivity index (χ2v) is 4.36. The number of carbonyl (C=O) groups excluding carboxylic acids is 1. The van der Waals surface area contributed by atoms with Gasteiger partial charge in [-0.3, -0.25) is 4.79 Å². The highest BCUT2D eigenvalue weighted by Gasteiger charge is 2.12. The largest absolute Gasteiger partial charge is 0.321 e. The lowest BCUT2D eigenvalue weighted by atomic mass is 10.1. The van der Waals surface area contributed by atoms with Crippen LogP contribution in [0.25, 0.3) is 0 Å². The second kappa shape index (κ2) is 6.17. The Morgan fingerprint density at radius 3 is 2.81 bits per heavy atom. The number of rotatable bonds is 3. The molecule has 0 radical (unpaired) electrons. The number of pyridine rings is 1. The van der Waals surface area contributed by atoms with Gasteiger partial charge in [-0.1, -0.05) is 11.6 Å². The minimum Gasteiger partial charge on any atom is -0.321 e. The maximum Gasteiger partial charge on any atom is 0.257 e. The van der Waals surface area contributed by atoms with Gasteiger partial charge < -0.3 is 10.7 Å². The number of halogens is 2. The molecule has 2 rings (SSSR count). The molecule has 1 aromatic heterocycles. The molecular weight excluding hydrogens is 297 g/mol. The van der Waals surface area contributed by atoms with Crippen LogP contribution in [0.3, 0.4) is 0 Å². The van der Waals surface area contributed by atoms with Gasteiger partial charge in [0.2, 0.25) is 0 Å². The van der Waals surface area contributed by atoms with E-state index in [0.717, 1.165) is 12.1 Å². The summed E-state index contributed by atoms with van der Waals surface area (Å²) in [5, 5.41) is 11.6. The van der Waals surface area contributed by atoms with E-state index in [1.807, 2.05) is 0 Å². The maximum absolute atomic E-state index is 13.0. The molecule has 0 spiro atoms. The summed E-state index contributed by atoms with van der Waals surface area (Å²) < 4.78 is 13.0. The molecule has 0 aliphatic heterocycles. The zero-order valence-electron chi connectivity index (χ0n) is 10.5. The third-order valence-corrected chi connectivity index (χ3v) is 2.88. The number of benzene rings is 1. The van der Waals surface area contributed by atoms with Crippen LogP contribution in [0.15, 0.2) is 30.5 Å². The van der Waals surface area contributed by atoms with E-state index in [-0.39, 0.29) is 27.7 Å². The molecular formula is C13H9ClFN5O. The fourth-order valence-electron chi connectivity index (χ4n) is 1.58. The second-order valence-electron chi connectivity index (χ2n) is 3.95. The first-order valence-electron chi connectivity index (χ1n) is 5.68. The lowest BCUT2D eigenvalue weighted by Gasteiger charge is -2.08. The Morgan fingerprint density at radius 1 is 1.43 bits per heavy atom. The molecule has 1 aromatic carbocycles. The van der Waals surface area contributed by atoms with Crippen molar-refractivity contribution >= 4 is 29.0 Å². The number of hydrogen-bond donors (Lipinski definition) is 3. The van der Waals surface area contributed by atoms with Gasteiger partial charge in [-0.2, -0.15) is 5.26 Å². The Bertz CT molecular complexity index is 744. The van der Waals surface area contributed by atoms with Gasteiger partial charge in [0, 0.05) is 6.20 Å². The van der Waals surface area contributed by atoms with Crippen molar-refractivity contribution in [3.63, 3.8) is 0 Å². The van der Waals surface area contributed by atoms with Crippen molar-refractivity contribution in [1.29, 1.82) is 5.26 Å². The predicted octanol–water partition coefficient (Wildman–Crippen LogP) is 2.28. The molecule has 21 heavy (non-hydrogen) atoms. The molecule has 1 heterocycles. The molecule has 0 aliphatic carbocycles. The maximum atomic E-state index is 13.0. The lowest BCUT2D eigenvalue weighted by Crippen LogP contribution is -2.15. The molecule has 1 amide bonds. The number of anilines is 2. The van der Waals surface area contributed by atoms with Crippen LogP contribution in [0.1, 0.15) is 15.9 Å². The van der Waals surface area contributed by atoms with Crippen LogP contribution in [0.2, 0.25) is 5.02 Å². The topological polar surface area (TPSA) is 104 Å². The van der Waals surface area contributed by atoms with Gasteiger partial charge in [0.05, 0.1) is 21.8 Å². The Labute approximate surface area is 124 Å². The van der Waals surface area contributed by atoms with Gasteiger partial charge in [0.1, 0.15) is 11.9 Å². The summed E-state index contributed by atoms with van der Waals surface area (Å²) in [5.74, 6) is 4.32. The van der Waals surface area contributed by atoms with Crippen molar-refractivity contribution in [3.05, 3.63) is 52.4 Å². The number of hydrazine groups is 1. The standard InChI is InChI=1S/C13H9ClFN5O/c14-10-4-8(6-18-12(10)20-17)13(21)19-11-2-1-9(15)3-7(11)5-16/h1-4,6H,17H2,(H,18,20)(H,19,21). The van der Waals surface area contributed by atoms with Crippen molar-refractivity contribution in [1.82, 2.24) is 4.98 Å². The molecule has 8 heteroatoms. The average Bonchev–Trinajstić information content (AvgIpc) is 2.48. The lowest BCUT2D eigenvalue weighted by molar-refractivity contribution is 0.102. The number of nitrogens with one attached hydrogen (secondary N) is 2. The highest BCUT2D eigenvalue weighted by Crippen LogP contribution is 2.21. The highest BCUT2D eigenvalue weighted by atomic mass is 35.5. The van der Waals surface area contributed by atoms with Crippen LogP contribution in [0.5, 0.6) is 0 Å². The van der Waals surface area contributed by atoms with E-state index in [0.29, 0.717) is 0 Å². The first kappa shape index (κ1) is 14.7. The molecule has 106 valence electrons. The van der Waals surface area contributed by atoms with Gasteiger partial charge >= 0.3 is 0 Å². The molecule has 0 atom stereocenters. The first-order chi connectivity index (χ1) is 10.0. The fraction of sp³-hybridized carbons (Fsp3) is 0. The van der Waals surface area contributed by atoms with E-state index in [4.69, 9.17) is 22.7 Å². The Hall–Kier alpha value is -2.69. The average molecular weight is 306 g/mol. The van der Waals surface area contributed by atoms with Gasteiger partial charge in [-0.05, 0) is 24.3 Å². The molecule has 2 aromatic rings. The van der Waals surface area contributed by atoms with Crippen LogP contribution in [0, 0.1) is 17.1 Å². The summed E-state index contributed by atoms with van der Waals surface area (Å²) in [6.07, 6.45) is 1.27. The van der Waals surface area contributed by atoms with E-state index in [2.05, 4.69) is 15.7 Å². The van der Waals surface area contributed by atoms with E-state index in [1.165, 1.54) is 18.3 Å². The molecule has 0 aliphatic rings. The summed E-state index contributed by atoms with van der Waals surface area (Å²) in [7, 11) is 0. The Morgan fingerprint density at radius 2 is 2.19 bits per heavy atom. The number of amides is 1. The zero-order valence-corrected chi connectivity index (χ0v) is 11.3. The van der Waals surface area contributed by atoms with Crippen molar-refractivity contribution < 1.29 is 9.18 Å². The van der Waals surface area contributed by atoms with Crippen molar-refractivity contribution in [3.8, 4) is 6.07 Å². The van der Waals surface area contributed by atoms with Crippen LogP contribution in [0.4, 0.5) is 15.9 Å². The molecule has 0 saturated heterocycles. The minimum atomic E-state index is -0.562. The first-order valence-corrected chi connectivity index (χ1v) is 6.06. The van der Waals surface area contributed by atoms with Gasteiger partial charge in [-0.15, -0.1) is 0 Å². The molecule has 0 unspecified atom stereocenters. The van der Waals surface area contributed by atoms with E-state index >= 15 is 0 Å². The molecule has 6 nitrogen and oxygen atoms in total. The summed E-state index contributed by atoms with van der Waals surface area (Å²) in [6.45, 7) is 0. The Balaban J connectivity index is 2.26. The van der Waals surface area contributed by atoms with Gasteiger partial charge in [-0.25, -0.2) is 15.2 Å². The summed E-state index contributed by atoms with van der Waals surface area (Å²) >= 11 is 5.87. The molecule has 0 bridgehead atoms. The number of nitrogens with zero attached hydrogens (tertiary/aromatic N) is 2. The molecule has 0 fully saturated rings. The predicted molar refractivity (Wildman–Crippen MR) is 76.1 cm³/mol. The normalized spacial score (nSPS) is 9.81. The fourth-order valence-corrected chi connectivity index (χ4v) is 1.80. The van der Waals surface area contributed by atoms with E-state index in [1.54, 1.807) is 6.07 Å². The Kier molecular flexibility index (Phi) is 4.33. The van der Waals surface area contributed by atoms with Crippen LogP contribution >= 0.6 is 11.6 Å². The van der Waals surface area contributed by atoms with E-state index in [9.17, 15) is 9.18 Å². The number of hydrogen-bond acceptors (Lipinski definition) is 5. The quantitative estimate of drug-likeness (QED) is 0.596. The summed E-state index contributed by atoms with van der Waals surface area (Å²) in [5.41, 5.74) is 2.66.